The maximum Gasteiger partial charge on any atom is 0.416 e. The van der Waals surface area contributed by atoms with Crippen molar-refractivity contribution in [2.45, 2.75) is 25.9 Å². The molecule has 0 atom stereocenters. The summed E-state index contributed by atoms with van der Waals surface area (Å²) in [6.45, 7) is 3.82. The molecule has 0 saturated carbocycles. The third-order valence-electron chi connectivity index (χ3n) is 4.61. The molecule has 3 heterocycles. The molecule has 3 aromatic rings. The van der Waals surface area contributed by atoms with Gasteiger partial charge in [-0.15, -0.1) is 11.3 Å². The number of nitrogens with two attached hydrogens (primary N) is 2. The lowest BCUT2D eigenvalue weighted by molar-refractivity contribution is -0.137. The summed E-state index contributed by atoms with van der Waals surface area (Å²) in [5.74, 6) is 0.634. The molecule has 0 amide bonds. The average Bonchev–Trinajstić information content (AvgIpc) is 3.14. The normalized spacial score (nSPS) is 14.3. The predicted molar refractivity (Wildman–Crippen MR) is 115 cm³/mol. The molecular weight excluding hydrogens is 397 g/mol. The Hall–Kier alpha value is -2.58. The monoisotopic (exact) mass is 420 g/mol. The van der Waals surface area contributed by atoms with Gasteiger partial charge in [-0.25, -0.2) is 4.98 Å². The summed E-state index contributed by atoms with van der Waals surface area (Å²) in [6, 6.07) is 7.81. The van der Waals surface area contributed by atoms with E-state index in [-0.39, 0.29) is 5.69 Å². The molecule has 5 N–H and O–H groups in total. The second-order valence-electron chi connectivity index (χ2n) is 6.72. The summed E-state index contributed by atoms with van der Waals surface area (Å²) in [6.07, 6.45) is 1.38. The number of alkyl halides is 3. The number of rotatable bonds is 2. The van der Waals surface area contributed by atoms with Gasteiger partial charge >= 0.3 is 6.18 Å². The van der Waals surface area contributed by atoms with Crippen molar-refractivity contribution in [2.24, 2.45) is 0 Å². The van der Waals surface area contributed by atoms with Gasteiger partial charge in [-0.05, 0) is 60.9 Å². The molecule has 1 aromatic carbocycles. The fourth-order valence-electron chi connectivity index (χ4n) is 3.07. The van der Waals surface area contributed by atoms with E-state index in [1.165, 1.54) is 15.2 Å². The minimum absolute atomic E-state index is 0.159. The topological polar surface area (TPSA) is 77.0 Å². The second kappa shape index (κ2) is 8.84. The highest BCUT2D eigenvalue weighted by atomic mass is 32.1. The Balaban J connectivity index is 0.000000170. The first-order chi connectivity index (χ1) is 13.8. The first-order valence-electron chi connectivity index (χ1n) is 9.28. The maximum absolute atomic E-state index is 12.2. The van der Waals surface area contributed by atoms with Gasteiger partial charge in [-0.3, -0.25) is 0 Å². The highest BCUT2D eigenvalue weighted by Gasteiger charge is 2.30. The fourth-order valence-corrected chi connectivity index (χ4v) is 4.21. The van der Waals surface area contributed by atoms with Crippen molar-refractivity contribution in [1.29, 1.82) is 0 Å². The minimum atomic E-state index is -4.31. The zero-order valence-electron chi connectivity index (χ0n) is 16.0. The number of nitrogen functional groups attached to an aromatic ring is 2. The van der Waals surface area contributed by atoms with Gasteiger partial charge in [-0.1, -0.05) is 13.0 Å². The number of hydrogen-bond donors (Lipinski definition) is 3. The van der Waals surface area contributed by atoms with Crippen molar-refractivity contribution in [3.8, 4) is 0 Å². The van der Waals surface area contributed by atoms with E-state index in [4.69, 9.17) is 11.5 Å². The summed E-state index contributed by atoms with van der Waals surface area (Å²) in [4.78, 5) is 5.45. The molecule has 0 unspecified atom stereocenters. The molecular formula is C21H23F3N4S. The van der Waals surface area contributed by atoms with E-state index in [0.717, 1.165) is 37.0 Å². The van der Waals surface area contributed by atoms with Crippen molar-refractivity contribution in [3.05, 3.63) is 58.6 Å². The fraction of sp³-hybridized carbons (Fsp3) is 0.286. The summed E-state index contributed by atoms with van der Waals surface area (Å²) in [7, 11) is 0. The molecule has 0 fully saturated rings. The third-order valence-corrected chi connectivity index (χ3v) is 5.78. The summed E-state index contributed by atoms with van der Waals surface area (Å²) < 4.78 is 37.9. The Morgan fingerprint density at radius 1 is 1.17 bits per heavy atom. The van der Waals surface area contributed by atoms with E-state index < -0.39 is 11.7 Å². The zero-order valence-corrected chi connectivity index (χ0v) is 16.8. The summed E-state index contributed by atoms with van der Waals surface area (Å²) in [5, 5.41) is 4.41. The van der Waals surface area contributed by atoms with Crippen molar-refractivity contribution >= 4 is 38.5 Å². The number of benzene rings is 1. The number of pyridine rings is 1. The standard InChI is InChI=1S/C12H13N3S.C9H10F3N/c13-12-9-7-11(8-1-4-14-5-2-8)16-10(9)3-6-15-12;1-2-6-3-7(9(10,11)12)5-8(13)4-6/h1,3,6-7,14H,2,4-5H2,(H2,13,15);3-5H,2,13H2,1H3. The van der Waals surface area contributed by atoms with Crippen LogP contribution in [0.15, 0.2) is 42.6 Å². The Kier molecular flexibility index (Phi) is 6.44. The largest absolute Gasteiger partial charge is 0.416 e. The molecule has 154 valence electrons. The van der Waals surface area contributed by atoms with Crippen LogP contribution in [0.5, 0.6) is 0 Å². The van der Waals surface area contributed by atoms with Crippen molar-refractivity contribution < 1.29 is 13.2 Å². The molecule has 1 aliphatic rings. The van der Waals surface area contributed by atoms with Crippen LogP contribution in [0.3, 0.4) is 0 Å². The third kappa shape index (κ3) is 5.27. The Bertz CT molecular complexity index is 1020. The number of nitrogens with one attached hydrogen (secondary N) is 1. The summed E-state index contributed by atoms with van der Waals surface area (Å²) in [5.41, 5.74) is 12.7. The average molecular weight is 421 g/mol. The lowest BCUT2D eigenvalue weighted by Crippen LogP contribution is -2.19. The number of fused-ring (bicyclic) bond motifs is 1. The van der Waals surface area contributed by atoms with Gasteiger partial charge in [0.1, 0.15) is 5.82 Å². The second-order valence-corrected chi connectivity index (χ2v) is 7.80. The number of halogens is 3. The van der Waals surface area contributed by atoms with Crippen LogP contribution in [0, 0.1) is 0 Å². The number of aromatic nitrogens is 1. The minimum Gasteiger partial charge on any atom is -0.399 e. The maximum atomic E-state index is 12.2. The van der Waals surface area contributed by atoms with Crippen LogP contribution in [-0.2, 0) is 12.6 Å². The van der Waals surface area contributed by atoms with E-state index in [1.54, 1.807) is 30.5 Å². The van der Waals surface area contributed by atoms with Crippen LogP contribution < -0.4 is 16.8 Å². The molecule has 4 rings (SSSR count). The zero-order chi connectivity index (χ0) is 21.0. The predicted octanol–water partition coefficient (Wildman–Crippen LogP) is 5.11. The highest BCUT2D eigenvalue weighted by Crippen LogP contribution is 2.34. The number of aryl methyl sites for hydroxylation is 1. The van der Waals surface area contributed by atoms with Gasteiger partial charge in [0.05, 0.1) is 5.56 Å². The number of anilines is 2. The summed E-state index contributed by atoms with van der Waals surface area (Å²) >= 11 is 1.80. The van der Waals surface area contributed by atoms with E-state index >= 15 is 0 Å². The molecule has 0 saturated heterocycles. The van der Waals surface area contributed by atoms with Crippen LogP contribution in [0.25, 0.3) is 15.7 Å². The van der Waals surface area contributed by atoms with Gasteiger partial charge < -0.3 is 16.8 Å². The molecule has 0 spiro atoms. The lowest BCUT2D eigenvalue weighted by Gasteiger charge is -2.11. The molecule has 0 radical (unpaired) electrons. The van der Waals surface area contributed by atoms with Crippen LogP contribution in [0.2, 0.25) is 0 Å². The van der Waals surface area contributed by atoms with Crippen molar-refractivity contribution in [2.75, 3.05) is 24.6 Å². The molecule has 4 nitrogen and oxygen atoms in total. The number of thiophene rings is 1. The number of nitrogens with zero attached hydrogens (tertiary/aromatic N) is 1. The van der Waals surface area contributed by atoms with E-state index in [9.17, 15) is 13.2 Å². The molecule has 0 bridgehead atoms. The van der Waals surface area contributed by atoms with Crippen LogP contribution >= 0.6 is 11.3 Å². The quantitative estimate of drug-likeness (QED) is 0.504. The van der Waals surface area contributed by atoms with Crippen LogP contribution in [-0.4, -0.2) is 18.1 Å². The molecule has 1 aliphatic heterocycles. The molecule has 8 heteroatoms. The van der Waals surface area contributed by atoms with Crippen LogP contribution in [0.4, 0.5) is 24.7 Å². The van der Waals surface area contributed by atoms with E-state index in [0.29, 0.717) is 17.8 Å². The van der Waals surface area contributed by atoms with E-state index in [1.807, 2.05) is 6.07 Å². The first kappa shape index (κ1) is 21.1. The Labute approximate surface area is 171 Å². The Morgan fingerprint density at radius 3 is 2.59 bits per heavy atom. The van der Waals surface area contributed by atoms with Gasteiger partial charge in [0.15, 0.2) is 0 Å². The van der Waals surface area contributed by atoms with Crippen LogP contribution in [0.1, 0.15) is 29.3 Å². The van der Waals surface area contributed by atoms with E-state index in [2.05, 4.69) is 22.4 Å². The van der Waals surface area contributed by atoms with Gasteiger partial charge in [0, 0.05) is 33.4 Å². The molecule has 0 aliphatic carbocycles. The van der Waals surface area contributed by atoms with Gasteiger partial charge in [-0.2, -0.15) is 13.2 Å². The van der Waals surface area contributed by atoms with Gasteiger partial charge in [0.2, 0.25) is 0 Å². The molecule has 2 aromatic heterocycles. The number of hydrogen-bond acceptors (Lipinski definition) is 5. The van der Waals surface area contributed by atoms with Gasteiger partial charge in [0.25, 0.3) is 0 Å². The molecule has 29 heavy (non-hydrogen) atoms. The highest BCUT2D eigenvalue weighted by molar-refractivity contribution is 7.20. The van der Waals surface area contributed by atoms with Crippen molar-refractivity contribution in [1.82, 2.24) is 10.3 Å². The SMILES string of the molecule is CCc1cc(N)cc(C(F)(F)F)c1.Nc1nccc2sc(C3=CCNCC3)cc12. The first-order valence-corrected chi connectivity index (χ1v) is 10.1. The Morgan fingerprint density at radius 2 is 1.97 bits per heavy atom. The lowest BCUT2D eigenvalue weighted by atomic mass is 10.1. The smallest absolute Gasteiger partial charge is 0.399 e. The van der Waals surface area contributed by atoms with Crippen molar-refractivity contribution in [3.63, 3.8) is 0 Å².